The fraction of sp³-hybridized carbons (Fsp3) is 0.250. The molecule has 24 heavy (non-hydrogen) atoms. The molecule has 0 unspecified atom stereocenters. The van der Waals surface area contributed by atoms with Crippen molar-refractivity contribution in [1.29, 1.82) is 0 Å². The highest BCUT2D eigenvalue weighted by Crippen LogP contribution is 2.14. The molecule has 1 N–H and O–H groups in total. The quantitative estimate of drug-likeness (QED) is 0.477. The number of amides is 1. The van der Waals surface area contributed by atoms with Gasteiger partial charge in [-0.05, 0) is 36.2 Å². The second-order valence-corrected chi connectivity index (χ2v) is 5.36. The molecule has 1 amide bonds. The van der Waals surface area contributed by atoms with Gasteiger partial charge in [-0.3, -0.25) is 14.9 Å². The maximum atomic E-state index is 11.9. The van der Waals surface area contributed by atoms with Crippen molar-refractivity contribution < 1.29 is 18.9 Å². The molecule has 0 spiro atoms. The highest BCUT2D eigenvalue weighted by Gasteiger charge is 2.10. The number of hydrogen-bond donors (Lipinski definition) is 1. The van der Waals surface area contributed by atoms with Gasteiger partial charge < -0.3 is 9.15 Å². The van der Waals surface area contributed by atoms with E-state index in [0.29, 0.717) is 23.8 Å². The average molecular weight is 331 g/mol. The summed E-state index contributed by atoms with van der Waals surface area (Å²) in [4.78, 5) is 21.7. The van der Waals surface area contributed by atoms with Crippen LogP contribution in [0, 0.1) is 16.0 Å². The SMILES string of the molecule is CC(C)COc1ccc(C(=O)N/N=C/c2ccc([N+](=O)[O-])o2)cc1. The summed E-state index contributed by atoms with van der Waals surface area (Å²) in [5.74, 6) is 0.466. The van der Waals surface area contributed by atoms with Gasteiger partial charge in [0, 0.05) is 5.56 Å². The van der Waals surface area contributed by atoms with Gasteiger partial charge in [-0.25, -0.2) is 5.43 Å². The summed E-state index contributed by atoms with van der Waals surface area (Å²) < 4.78 is 10.4. The molecular formula is C16H17N3O5. The maximum absolute atomic E-state index is 11.9. The number of carbonyl (C=O) groups is 1. The van der Waals surface area contributed by atoms with Crippen molar-refractivity contribution in [3.63, 3.8) is 0 Å². The summed E-state index contributed by atoms with van der Waals surface area (Å²) in [5.41, 5.74) is 2.73. The lowest BCUT2D eigenvalue weighted by Crippen LogP contribution is -2.17. The lowest BCUT2D eigenvalue weighted by molar-refractivity contribution is -0.402. The molecule has 1 heterocycles. The number of benzene rings is 1. The van der Waals surface area contributed by atoms with E-state index in [0.717, 1.165) is 0 Å². The minimum Gasteiger partial charge on any atom is -0.493 e. The number of ether oxygens (including phenoxy) is 1. The van der Waals surface area contributed by atoms with Gasteiger partial charge in [0.15, 0.2) is 5.76 Å². The van der Waals surface area contributed by atoms with Crippen molar-refractivity contribution in [2.24, 2.45) is 11.0 Å². The maximum Gasteiger partial charge on any atom is 0.433 e. The standard InChI is InChI=1S/C16H17N3O5/c1-11(2)10-23-13-5-3-12(4-6-13)16(20)18-17-9-14-7-8-15(24-14)19(21)22/h3-9,11H,10H2,1-2H3,(H,18,20)/b17-9+. The van der Waals surface area contributed by atoms with E-state index in [2.05, 4.69) is 10.5 Å². The molecule has 1 aromatic heterocycles. The van der Waals surface area contributed by atoms with Crippen molar-refractivity contribution in [3.8, 4) is 5.75 Å². The Hall–Kier alpha value is -3.16. The molecule has 0 aliphatic heterocycles. The first-order valence-electron chi connectivity index (χ1n) is 7.26. The molecule has 0 fully saturated rings. The Bertz CT molecular complexity index is 734. The molecule has 1 aromatic carbocycles. The number of nitro groups is 1. The van der Waals surface area contributed by atoms with Gasteiger partial charge >= 0.3 is 5.88 Å². The van der Waals surface area contributed by atoms with Crippen LogP contribution in [0.2, 0.25) is 0 Å². The van der Waals surface area contributed by atoms with Gasteiger partial charge in [0.1, 0.15) is 10.7 Å². The number of hydrazone groups is 1. The summed E-state index contributed by atoms with van der Waals surface area (Å²) in [6, 6.07) is 9.25. The molecule has 126 valence electrons. The molecule has 0 aliphatic carbocycles. The number of hydrogen-bond acceptors (Lipinski definition) is 6. The van der Waals surface area contributed by atoms with Crippen molar-refractivity contribution in [2.75, 3.05) is 6.61 Å². The summed E-state index contributed by atoms with van der Waals surface area (Å²) in [7, 11) is 0. The van der Waals surface area contributed by atoms with Crippen LogP contribution in [0.3, 0.4) is 0 Å². The summed E-state index contributed by atoms with van der Waals surface area (Å²) >= 11 is 0. The Morgan fingerprint density at radius 2 is 2.04 bits per heavy atom. The Morgan fingerprint density at radius 3 is 2.62 bits per heavy atom. The van der Waals surface area contributed by atoms with Crippen LogP contribution in [0.15, 0.2) is 45.9 Å². The predicted octanol–water partition coefficient (Wildman–Crippen LogP) is 2.99. The summed E-state index contributed by atoms with van der Waals surface area (Å²) in [5, 5.41) is 14.2. The van der Waals surface area contributed by atoms with Gasteiger partial charge in [0.2, 0.25) is 0 Å². The minimum atomic E-state index is -0.654. The second-order valence-electron chi connectivity index (χ2n) is 5.36. The Labute approximate surface area is 138 Å². The van der Waals surface area contributed by atoms with Crippen LogP contribution in [-0.2, 0) is 0 Å². The number of nitrogens with zero attached hydrogens (tertiary/aromatic N) is 2. The molecule has 8 heteroatoms. The van der Waals surface area contributed by atoms with Crippen LogP contribution < -0.4 is 10.2 Å². The van der Waals surface area contributed by atoms with Crippen LogP contribution in [-0.4, -0.2) is 23.7 Å². The van der Waals surface area contributed by atoms with E-state index in [1.807, 2.05) is 13.8 Å². The largest absolute Gasteiger partial charge is 0.493 e. The van der Waals surface area contributed by atoms with E-state index < -0.39 is 10.8 Å². The number of nitrogens with one attached hydrogen (secondary N) is 1. The Balaban J connectivity index is 1.89. The van der Waals surface area contributed by atoms with E-state index >= 15 is 0 Å². The van der Waals surface area contributed by atoms with E-state index in [1.54, 1.807) is 24.3 Å². The van der Waals surface area contributed by atoms with Gasteiger partial charge in [-0.15, -0.1) is 0 Å². The zero-order valence-corrected chi connectivity index (χ0v) is 13.3. The third kappa shape index (κ3) is 4.94. The van der Waals surface area contributed by atoms with E-state index in [1.165, 1.54) is 18.3 Å². The predicted molar refractivity (Wildman–Crippen MR) is 87.2 cm³/mol. The third-order valence-corrected chi connectivity index (χ3v) is 2.85. The van der Waals surface area contributed by atoms with Gasteiger partial charge in [0.05, 0.1) is 18.9 Å². The zero-order chi connectivity index (χ0) is 17.5. The third-order valence-electron chi connectivity index (χ3n) is 2.85. The van der Waals surface area contributed by atoms with Crippen LogP contribution in [0.25, 0.3) is 0 Å². The molecule has 0 radical (unpaired) electrons. The highest BCUT2D eigenvalue weighted by atomic mass is 16.6. The molecular weight excluding hydrogens is 314 g/mol. The van der Waals surface area contributed by atoms with Crippen LogP contribution in [0.4, 0.5) is 5.88 Å². The van der Waals surface area contributed by atoms with Crippen molar-refractivity contribution >= 4 is 18.0 Å². The molecule has 0 saturated carbocycles. The van der Waals surface area contributed by atoms with E-state index in [-0.39, 0.29) is 11.6 Å². The smallest absolute Gasteiger partial charge is 0.433 e. The lowest BCUT2D eigenvalue weighted by atomic mass is 10.2. The highest BCUT2D eigenvalue weighted by molar-refractivity contribution is 5.94. The molecule has 0 aliphatic rings. The Morgan fingerprint density at radius 1 is 1.33 bits per heavy atom. The second kappa shape index (κ2) is 7.91. The normalized spacial score (nSPS) is 11.0. The lowest BCUT2D eigenvalue weighted by Gasteiger charge is -2.08. The monoisotopic (exact) mass is 331 g/mol. The van der Waals surface area contributed by atoms with Gasteiger partial charge in [0.25, 0.3) is 5.91 Å². The Kier molecular flexibility index (Phi) is 5.67. The number of rotatable bonds is 7. The first-order chi connectivity index (χ1) is 11.5. The molecule has 2 rings (SSSR count). The first-order valence-corrected chi connectivity index (χ1v) is 7.26. The molecule has 0 saturated heterocycles. The molecule has 2 aromatic rings. The fourth-order valence-electron chi connectivity index (χ4n) is 1.69. The summed E-state index contributed by atoms with van der Waals surface area (Å²) in [6.07, 6.45) is 1.19. The van der Waals surface area contributed by atoms with E-state index in [4.69, 9.17) is 9.15 Å². The van der Waals surface area contributed by atoms with Crippen molar-refractivity contribution in [3.05, 3.63) is 57.8 Å². The topological polar surface area (TPSA) is 107 Å². The molecule has 0 atom stereocenters. The number of carbonyl (C=O) groups excluding carboxylic acids is 1. The number of furan rings is 1. The minimum absolute atomic E-state index is 0.166. The average Bonchev–Trinajstić information content (AvgIpc) is 3.02. The van der Waals surface area contributed by atoms with E-state index in [9.17, 15) is 14.9 Å². The zero-order valence-electron chi connectivity index (χ0n) is 13.3. The van der Waals surface area contributed by atoms with Crippen LogP contribution in [0.5, 0.6) is 5.75 Å². The molecule has 0 bridgehead atoms. The van der Waals surface area contributed by atoms with Crippen LogP contribution >= 0.6 is 0 Å². The first kappa shape index (κ1) is 17.2. The van der Waals surface area contributed by atoms with Gasteiger partial charge in [-0.2, -0.15) is 5.10 Å². The van der Waals surface area contributed by atoms with Crippen molar-refractivity contribution in [1.82, 2.24) is 5.43 Å². The van der Waals surface area contributed by atoms with Crippen molar-refractivity contribution in [2.45, 2.75) is 13.8 Å². The molecule has 8 nitrogen and oxygen atoms in total. The summed E-state index contributed by atoms with van der Waals surface area (Å²) in [6.45, 7) is 4.70. The fourth-order valence-corrected chi connectivity index (χ4v) is 1.69. The van der Waals surface area contributed by atoms with Crippen LogP contribution in [0.1, 0.15) is 30.0 Å². The van der Waals surface area contributed by atoms with Gasteiger partial charge in [-0.1, -0.05) is 13.8 Å².